The van der Waals surface area contributed by atoms with Crippen LogP contribution in [-0.4, -0.2) is 25.9 Å². The molecule has 0 radical (unpaired) electrons. The first-order valence-electron chi connectivity index (χ1n) is 7.84. The Bertz CT molecular complexity index is 1040. The van der Waals surface area contributed by atoms with Gasteiger partial charge in [-0.2, -0.15) is 0 Å². The molecule has 0 aliphatic carbocycles. The molecule has 0 unspecified atom stereocenters. The first-order chi connectivity index (χ1) is 12.2. The molecule has 0 aliphatic heterocycles. The van der Waals surface area contributed by atoms with Crippen LogP contribution in [0.3, 0.4) is 0 Å². The molecule has 2 aromatic carbocycles. The zero-order valence-electron chi connectivity index (χ0n) is 13.5. The predicted molar refractivity (Wildman–Crippen MR) is 96.1 cm³/mol. The molecule has 0 amide bonds. The van der Waals surface area contributed by atoms with Crippen molar-refractivity contribution in [2.45, 2.75) is 6.92 Å². The number of aldehydes is 1. The first kappa shape index (κ1) is 15.0. The summed E-state index contributed by atoms with van der Waals surface area (Å²) in [5.74, 6) is 1.23. The zero-order chi connectivity index (χ0) is 17.2. The molecule has 0 spiro atoms. The van der Waals surface area contributed by atoms with Crippen molar-refractivity contribution in [3.8, 4) is 11.4 Å². The second kappa shape index (κ2) is 6.16. The number of hydrogen-bond acceptors (Lipinski definition) is 5. The smallest absolute Gasteiger partial charge is 0.245 e. The Labute approximate surface area is 144 Å². The Balaban J connectivity index is 1.75. The van der Waals surface area contributed by atoms with E-state index in [2.05, 4.69) is 20.4 Å². The van der Waals surface area contributed by atoms with Gasteiger partial charge in [0.15, 0.2) is 5.82 Å². The molecule has 0 aliphatic rings. The third-order valence-electron chi connectivity index (χ3n) is 3.91. The van der Waals surface area contributed by atoms with Crippen LogP contribution in [0.5, 0.6) is 0 Å². The van der Waals surface area contributed by atoms with E-state index in [1.54, 1.807) is 22.8 Å². The maximum Gasteiger partial charge on any atom is 0.245 e. The van der Waals surface area contributed by atoms with E-state index in [1.807, 2.05) is 49.4 Å². The molecule has 0 fully saturated rings. The van der Waals surface area contributed by atoms with Crippen LogP contribution in [0.2, 0.25) is 0 Å². The Morgan fingerprint density at radius 3 is 2.52 bits per heavy atom. The molecule has 4 aromatic rings. The summed E-state index contributed by atoms with van der Waals surface area (Å²) in [6.45, 7) is 1.94. The molecule has 0 bridgehead atoms. The van der Waals surface area contributed by atoms with Crippen LogP contribution in [0.4, 0.5) is 11.6 Å². The van der Waals surface area contributed by atoms with Crippen LogP contribution in [0.25, 0.3) is 16.9 Å². The number of rotatable bonds is 4. The van der Waals surface area contributed by atoms with Crippen molar-refractivity contribution in [1.29, 1.82) is 0 Å². The van der Waals surface area contributed by atoms with E-state index in [0.29, 0.717) is 11.5 Å². The van der Waals surface area contributed by atoms with Gasteiger partial charge in [-0.05, 0) is 31.2 Å². The molecule has 122 valence electrons. The molecular weight excluding hydrogens is 314 g/mol. The summed E-state index contributed by atoms with van der Waals surface area (Å²) in [6.07, 6.45) is 2.57. The van der Waals surface area contributed by atoms with Crippen molar-refractivity contribution in [2.24, 2.45) is 0 Å². The van der Waals surface area contributed by atoms with E-state index in [0.717, 1.165) is 34.6 Å². The Morgan fingerprint density at radius 1 is 1.04 bits per heavy atom. The highest BCUT2D eigenvalue weighted by Gasteiger charge is 2.12. The Hall–Kier alpha value is -3.54. The summed E-state index contributed by atoms with van der Waals surface area (Å²) in [7, 11) is 0. The van der Waals surface area contributed by atoms with Gasteiger partial charge >= 0.3 is 0 Å². The van der Waals surface area contributed by atoms with Crippen molar-refractivity contribution in [2.75, 3.05) is 5.32 Å². The lowest BCUT2D eigenvalue weighted by molar-refractivity contribution is 0.112. The molecule has 1 N–H and O–H groups in total. The van der Waals surface area contributed by atoms with E-state index in [-0.39, 0.29) is 0 Å². The summed E-state index contributed by atoms with van der Waals surface area (Å²) in [5, 5.41) is 7.72. The monoisotopic (exact) mass is 329 g/mol. The number of nitrogens with one attached hydrogen (secondary N) is 1. The van der Waals surface area contributed by atoms with Gasteiger partial charge < -0.3 is 5.32 Å². The minimum absolute atomic E-state index is 0.459. The van der Waals surface area contributed by atoms with Gasteiger partial charge in [-0.3, -0.25) is 4.79 Å². The maximum atomic E-state index is 10.7. The quantitative estimate of drug-likeness (QED) is 0.579. The van der Waals surface area contributed by atoms with Gasteiger partial charge in [-0.15, -0.1) is 5.10 Å². The number of carbonyl (C=O) groups excluding carboxylic acids is 1. The number of benzene rings is 2. The second-order valence-corrected chi connectivity index (χ2v) is 5.63. The van der Waals surface area contributed by atoms with Gasteiger partial charge in [-0.1, -0.05) is 30.3 Å². The van der Waals surface area contributed by atoms with Crippen LogP contribution < -0.4 is 5.32 Å². The lowest BCUT2D eigenvalue weighted by Gasteiger charge is -2.06. The number of anilines is 2. The number of aromatic nitrogens is 4. The lowest BCUT2D eigenvalue weighted by atomic mass is 10.2. The van der Waals surface area contributed by atoms with Gasteiger partial charge in [0, 0.05) is 16.8 Å². The van der Waals surface area contributed by atoms with Crippen LogP contribution in [0.15, 0.2) is 60.8 Å². The predicted octanol–water partition coefficient (Wildman–Crippen LogP) is 3.66. The molecule has 25 heavy (non-hydrogen) atoms. The fourth-order valence-electron chi connectivity index (χ4n) is 2.63. The van der Waals surface area contributed by atoms with Crippen LogP contribution in [-0.2, 0) is 0 Å². The number of fused-ring (bicyclic) bond motifs is 1. The van der Waals surface area contributed by atoms with Gasteiger partial charge in [0.25, 0.3) is 0 Å². The normalized spacial score (nSPS) is 10.8. The van der Waals surface area contributed by atoms with Crippen LogP contribution in [0, 0.1) is 6.92 Å². The standard InChI is InChI=1S/C19H15N5O/c1-13-17-11-20-19(22-16-9-7-14(12-25)8-10-16)23-24(17)18(21-13)15-5-3-2-4-6-15/h2-12H,1H3,(H,22,23). The van der Waals surface area contributed by atoms with Crippen LogP contribution >= 0.6 is 0 Å². The number of hydrogen-bond donors (Lipinski definition) is 1. The molecule has 0 atom stereocenters. The maximum absolute atomic E-state index is 10.7. The fraction of sp³-hybridized carbons (Fsp3) is 0.0526. The lowest BCUT2D eigenvalue weighted by Crippen LogP contribution is -2.03. The number of aryl methyl sites for hydroxylation is 1. The fourth-order valence-corrected chi connectivity index (χ4v) is 2.63. The van der Waals surface area contributed by atoms with Crippen molar-refractivity contribution in [1.82, 2.24) is 19.6 Å². The molecular formula is C19H15N5O. The Kier molecular flexibility index (Phi) is 3.70. The number of carbonyl (C=O) groups is 1. The van der Waals surface area contributed by atoms with E-state index < -0.39 is 0 Å². The van der Waals surface area contributed by atoms with E-state index in [9.17, 15) is 4.79 Å². The number of imidazole rings is 1. The summed E-state index contributed by atoms with van der Waals surface area (Å²) in [4.78, 5) is 19.7. The minimum Gasteiger partial charge on any atom is -0.323 e. The van der Waals surface area contributed by atoms with E-state index in [1.165, 1.54) is 0 Å². The van der Waals surface area contributed by atoms with E-state index in [4.69, 9.17) is 0 Å². The van der Waals surface area contributed by atoms with Crippen molar-refractivity contribution >= 4 is 23.4 Å². The molecule has 6 nitrogen and oxygen atoms in total. The van der Waals surface area contributed by atoms with Gasteiger partial charge in [0.05, 0.1) is 11.9 Å². The summed E-state index contributed by atoms with van der Waals surface area (Å²) in [5.41, 5.74) is 4.16. The molecule has 0 saturated heterocycles. The van der Waals surface area contributed by atoms with Crippen molar-refractivity contribution in [3.05, 3.63) is 72.1 Å². The average Bonchev–Trinajstić information content (AvgIpc) is 2.99. The molecule has 0 saturated carbocycles. The summed E-state index contributed by atoms with van der Waals surface area (Å²) >= 11 is 0. The van der Waals surface area contributed by atoms with Gasteiger partial charge in [0.2, 0.25) is 5.95 Å². The largest absolute Gasteiger partial charge is 0.323 e. The number of nitrogens with zero attached hydrogens (tertiary/aromatic N) is 4. The second-order valence-electron chi connectivity index (χ2n) is 5.63. The summed E-state index contributed by atoms with van der Waals surface area (Å²) in [6, 6.07) is 17.0. The molecule has 4 rings (SSSR count). The van der Waals surface area contributed by atoms with Crippen LogP contribution in [0.1, 0.15) is 16.1 Å². The molecule has 2 heterocycles. The Morgan fingerprint density at radius 2 is 1.80 bits per heavy atom. The van der Waals surface area contributed by atoms with Crippen molar-refractivity contribution in [3.63, 3.8) is 0 Å². The highest BCUT2D eigenvalue weighted by molar-refractivity contribution is 5.76. The third kappa shape index (κ3) is 2.85. The third-order valence-corrected chi connectivity index (χ3v) is 3.91. The van der Waals surface area contributed by atoms with Crippen molar-refractivity contribution < 1.29 is 4.79 Å². The highest BCUT2D eigenvalue weighted by Crippen LogP contribution is 2.22. The average molecular weight is 329 g/mol. The highest BCUT2D eigenvalue weighted by atomic mass is 16.1. The first-order valence-corrected chi connectivity index (χ1v) is 7.84. The molecule has 2 aromatic heterocycles. The SMILES string of the molecule is Cc1nc(-c2ccccc2)n2nc(Nc3ccc(C=O)cc3)ncc12. The summed E-state index contributed by atoms with van der Waals surface area (Å²) < 4.78 is 1.79. The minimum atomic E-state index is 0.459. The van der Waals surface area contributed by atoms with Gasteiger partial charge in [-0.25, -0.2) is 14.5 Å². The topological polar surface area (TPSA) is 72.2 Å². The van der Waals surface area contributed by atoms with Gasteiger partial charge in [0.1, 0.15) is 11.8 Å². The van der Waals surface area contributed by atoms with E-state index >= 15 is 0 Å². The zero-order valence-corrected chi connectivity index (χ0v) is 13.5. The molecule has 6 heteroatoms.